The van der Waals surface area contributed by atoms with Crippen molar-refractivity contribution in [2.24, 2.45) is 0 Å². The van der Waals surface area contributed by atoms with Crippen molar-refractivity contribution in [2.75, 3.05) is 19.0 Å². The lowest BCUT2D eigenvalue weighted by Gasteiger charge is -1.99. The Balaban J connectivity index is 1.92. The fraction of sp³-hybridized carbons (Fsp3) is 0.333. The molecule has 2 aromatic rings. The van der Waals surface area contributed by atoms with Gasteiger partial charge in [-0.15, -0.1) is 0 Å². The number of nitrogens with one attached hydrogen (secondary N) is 1. The molecule has 18 heavy (non-hydrogen) atoms. The summed E-state index contributed by atoms with van der Waals surface area (Å²) in [4.78, 5) is 16.2. The first kappa shape index (κ1) is 12.6. The van der Waals surface area contributed by atoms with Gasteiger partial charge in [0.25, 0.3) is 0 Å². The highest BCUT2D eigenvalue weighted by molar-refractivity contribution is 7.17. The van der Waals surface area contributed by atoms with Gasteiger partial charge in [-0.3, -0.25) is 0 Å². The molecule has 0 aliphatic rings. The highest BCUT2D eigenvalue weighted by atomic mass is 32.1. The highest BCUT2D eigenvalue weighted by Gasteiger charge is 2.15. The van der Waals surface area contributed by atoms with Crippen molar-refractivity contribution in [3.05, 3.63) is 34.7 Å². The number of aryl methyl sites for hydroxylation is 1. The zero-order valence-corrected chi connectivity index (χ0v) is 11.0. The van der Waals surface area contributed by atoms with Gasteiger partial charge in [0.15, 0.2) is 5.13 Å². The molecule has 0 bridgehead atoms. The molecular weight excluding hydrogens is 252 g/mol. The molecule has 0 unspecified atom stereocenters. The smallest absolute Gasteiger partial charge is 0.350 e. The van der Waals surface area contributed by atoms with Gasteiger partial charge in [0.1, 0.15) is 10.6 Å². The third kappa shape index (κ3) is 2.89. The fourth-order valence-corrected chi connectivity index (χ4v) is 2.41. The zero-order chi connectivity index (χ0) is 13.0. The fourth-order valence-electron chi connectivity index (χ4n) is 1.50. The number of carbonyl (C=O) groups excluding carboxylic acids is 1. The number of anilines is 1. The van der Waals surface area contributed by atoms with Crippen LogP contribution in [0.4, 0.5) is 5.13 Å². The van der Waals surface area contributed by atoms with Crippen LogP contribution >= 0.6 is 11.3 Å². The molecule has 0 atom stereocenters. The van der Waals surface area contributed by atoms with Crippen molar-refractivity contribution >= 4 is 22.4 Å². The van der Waals surface area contributed by atoms with E-state index in [1.807, 2.05) is 12.1 Å². The summed E-state index contributed by atoms with van der Waals surface area (Å²) in [7, 11) is 1.37. The first-order valence-corrected chi connectivity index (χ1v) is 6.34. The maximum atomic E-state index is 11.4. The molecule has 96 valence electrons. The number of esters is 1. The molecule has 2 heterocycles. The van der Waals surface area contributed by atoms with E-state index in [1.165, 1.54) is 18.4 Å². The first-order chi connectivity index (χ1) is 8.70. The van der Waals surface area contributed by atoms with Crippen molar-refractivity contribution in [2.45, 2.75) is 13.3 Å². The lowest BCUT2D eigenvalue weighted by atomic mass is 10.3. The van der Waals surface area contributed by atoms with Crippen LogP contribution in [0.25, 0.3) is 0 Å². The minimum Gasteiger partial charge on any atom is -0.469 e. The van der Waals surface area contributed by atoms with E-state index in [2.05, 4.69) is 15.0 Å². The summed E-state index contributed by atoms with van der Waals surface area (Å²) in [6.45, 7) is 2.50. The van der Waals surface area contributed by atoms with Crippen molar-refractivity contribution in [3.63, 3.8) is 0 Å². The molecule has 0 fully saturated rings. The second-order valence-corrected chi connectivity index (χ2v) is 4.68. The third-order valence-corrected chi connectivity index (χ3v) is 3.49. The van der Waals surface area contributed by atoms with Crippen LogP contribution in [0, 0.1) is 6.92 Å². The van der Waals surface area contributed by atoms with Crippen molar-refractivity contribution < 1.29 is 13.9 Å². The van der Waals surface area contributed by atoms with Crippen LogP contribution in [0.3, 0.4) is 0 Å². The molecule has 0 amide bonds. The number of hydrogen-bond donors (Lipinski definition) is 1. The van der Waals surface area contributed by atoms with Crippen LogP contribution < -0.4 is 5.32 Å². The Bertz CT molecular complexity index is 519. The van der Waals surface area contributed by atoms with Crippen LogP contribution in [0.2, 0.25) is 0 Å². The average Bonchev–Trinajstić information content (AvgIpc) is 2.98. The van der Waals surface area contributed by atoms with Crippen LogP contribution in [0.5, 0.6) is 0 Å². The van der Waals surface area contributed by atoms with E-state index in [0.29, 0.717) is 17.1 Å². The van der Waals surface area contributed by atoms with Crippen LogP contribution in [0.1, 0.15) is 21.1 Å². The Hall–Kier alpha value is -1.82. The minimum absolute atomic E-state index is 0.343. The molecule has 2 rings (SSSR count). The average molecular weight is 266 g/mol. The predicted octanol–water partition coefficient (Wildman–Crippen LogP) is 2.49. The number of furan rings is 1. The molecule has 0 aliphatic carbocycles. The lowest BCUT2D eigenvalue weighted by Crippen LogP contribution is -2.03. The Morgan fingerprint density at radius 3 is 3.11 bits per heavy atom. The van der Waals surface area contributed by atoms with Crippen LogP contribution in [-0.2, 0) is 11.2 Å². The number of methoxy groups -OCH3 is 1. The SMILES string of the molecule is COC(=O)c1sc(NCCc2ccco2)nc1C. The summed E-state index contributed by atoms with van der Waals surface area (Å²) in [5.41, 5.74) is 0.687. The van der Waals surface area contributed by atoms with Crippen LogP contribution in [-0.4, -0.2) is 24.6 Å². The molecule has 0 spiro atoms. The first-order valence-electron chi connectivity index (χ1n) is 5.52. The Morgan fingerprint density at radius 2 is 2.44 bits per heavy atom. The van der Waals surface area contributed by atoms with Gasteiger partial charge < -0.3 is 14.5 Å². The van der Waals surface area contributed by atoms with Gasteiger partial charge in [-0.25, -0.2) is 9.78 Å². The number of aromatic nitrogens is 1. The second-order valence-electron chi connectivity index (χ2n) is 3.68. The molecule has 0 radical (unpaired) electrons. The summed E-state index contributed by atoms with van der Waals surface area (Å²) in [6, 6.07) is 3.78. The number of carbonyl (C=O) groups is 1. The van der Waals surface area contributed by atoms with Crippen LogP contribution in [0.15, 0.2) is 22.8 Å². The van der Waals surface area contributed by atoms with Crippen molar-refractivity contribution in [1.29, 1.82) is 0 Å². The van der Waals surface area contributed by atoms with E-state index in [-0.39, 0.29) is 5.97 Å². The summed E-state index contributed by atoms with van der Waals surface area (Å²) >= 11 is 1.30. The Morgan fingerprint density at radius 1 is 1.61 bits per heavy atom. The van der Waals surface area contributed by atoms with Gasteiger partial charge in [0.05, 0.1) is 19.1 Å². The number of ether oxygens (including phenoxy) is 1. The van der Waals surface area contributed by atoms with Gasteiger partial charge in [-0.1, -0.05) is 11.3 Å². The predicted molar refractivity (Wildman–Crippen MR) is 69.1 cm³/mol. The Kier molecular flexibility index (Phi) is 3.99. The quantitative estimate of drug-likeness (QED) is 0.842. The summed E-state index contributed by atoms with van der Waals surface area (Å²) < 4.78 is 9.91. The van der Waals surface area contributed by atoms with Gasteiger partial charge in [-0.05, 0) is 19.1 Å². The molecule has 0 aromatic carbocycles. The topological polar surface area (TPSA) is 64.4 Å². The second kappa shape index (κ2) is 5.68. The van der Waals surface area contributed by atoms with Crippen molar-refractivity contribution in [3.8, 4) is 0 Å². The normalized spacial score (nSPS) is 10.3. The standard InChI is InChI=1S/C12H14N2O3S/c1-8-10(11(15)16-2)18-12(14-8)13-6-5-9-4-3-7-17-9/h3-4,7H,5-6H2,1-2H3,(H,13,14). The molecular formula is C12H14N2O3S. The van der Waals surface area contributed by atoms with E-state index >= 15 is 0 Å². The summed E-state index contributed by atoms with van der Waals surface area (Å²) in [5, 5.41) is 3.88. The molecule has 0 saturated carbocycles. The number of thiazole rings is 1. The molecule has 1 N–H and O–H groups in total. The van der Waals surface area contributed by atoms with Gasteiger partial charge in [0, 0.05) is 13.0 Å². The van der Waals surface area contributed by atoms with Gasteiger partial charge in [-0.2, -0.15) is 0 Å². The number of rotatable bonds is 5. The minimum atomic E-state index is -0.343. The lowest BCUT2D eigenvalue weighted by molar-refractivity contribution is 0.0605. The summed E-state index contributed by atoms with van der Waals surface area (Å²) in [6.07, 6.45) is 2.43. The molecule has 2 aromatic heterocycles. The zero-order valence-electron chi connectivity index (χ0n) is 10.2. The summed E-state index contributed by atoms with van der Waals surface area (Å²) in [5.74, 6) is 0.577. The molecule has 6 heteroatoms. The van der Waals surface area contributed by atoms with Gasteiger partial charge in [0.2, 0.25) is 0 Å². The maximum absolute atomic E-state index is 11.4. The van der Waals surface area contributed by atoms with Crippen molar-refractivity contribution in [1.82, 2.24) is 4.98 Å². The number of nitrogens with zero attached hydrogens (tertiary/aromatic N) is 1. The third-order valence-electron chi connectivity index (χ3n) is 2.40. The van der Waals surface area contributed by atoms with E-state index in [0.717, 1.165) is 17.3 Å². The Labute approximate surface area is 109 Å². The van der Waals surface area contributed by atoms with E-state index in [9.17, 15) is 4.79 Å². The van der Waals surface area contributed by atoms with E-state index in [4.69, 9.17) is 4.42 Å². The molecule has 5 nitrogen and oxygen atoms in total. The van der Waals surface area contributed by atoms with E-state index < -0.39 is 0 Å². The monoisotopic (exact) mass is 266 g/mol. The highest BCUT2D eigenvalue weighted by Crippen LogP contribution is 2.23. The van der Waals surface area contributed by atoms with Gasteiger partial charge >= 0.3 is 5.97 Å². The molecule has 0 aliphatic heterocycles. The molecule has 0 saturated heterocycles. The van der Waals surface area contributed by atoms with E-state index in [1.54, 1.807) is 13.2 Å². The maximum Gasteiger partial charge on any atom is 0.350 e. The number of hydrogen-bond acceptors (Lipinski definition) is 6. The largest absolute Gasteiger partial charge is 0.469 e.